The van der Waals surface area contributed by atoms with Gasteiger partial charge >= 0.3 is 0 Å². The van der Waals surface area contributed by atoms with Gasteiger partial charge in [0.05, 0.1) is 6.54 Å². The van der Waals surface area contributed by atoms with Gasteiger partial charge in [0.2, 0.25) is 11.8 Å². The Balaban J connectivity index is 1.86. The van der Waals surface area contributed by atoms with E-state index in [1.54, 1.807) is 24.3 Å². The van der Waals surface area contributed by atoms with Crippen molar-refractivity contribution in [2.24, 2.45) is 11.7 Å². The largest absolute Gasteiger partial charge is 0.366 e. The second-order valence-electron chi connectivity index (χ2n) is 5.26. The Hall–Kier alpha value is -2.21. The quantitative estimate of drug-likeness (QED) is 0.778. The van der Waals surface area contributed by atoms with Crippen molar-refractivity contribution in [1.29, 1.82) is 0 Å². The van der Waals surface area contributed by atoms with E-state index in [1.807, 2.05) is 4.90 Å². The molecule has 0 aromatic heterocycles. The van der Waals surface area contributed by atoms with Crippen LogP contribution in [0.5, 0.6) is 0 Å². The number of hydrogen-bond donors (Lipinski definition) is 2. The molecule has 6 nitrogen and oxygen atoms in total. The molecule has 1 unspecified atom stereocenters. The van der Waals surface area contributed by atoms with Crippen molar-refractivity contribution in [3.63, 3.8) is 0 Å². The number of amides is 2. The van der Waals surface area contributed by atoms with E-state index in [-0.39, 0.29) is 18.4 Å². The Labute approximate surface area is 123 Å². The predicted molar refractivity (Wildman–Crippen MR) is 78.8 cm³/mol. The van der Waals surface area contributed by atoms with Crippen molar-refractivity contribution in [1.82, 2.24) is 4.90 Å². The summed E-state index contributed by atoms with van der Waals surface area (Å²) in [7, 11) is 0. The van der Waals surface area contributed by atoms with E-state index in [9.17, 15) is 14.4 Å². The molecule has 1 aromatic rings. The lowest BCUT2D eigenvalue weighted by atomic mass is 10.00. The third kappa shape index (κ3) is 4.39. The number of nitrogens with one attached hydrogen (secondary N) is 1. The second kappa shape index (κ2) is 6.99. The lowest BCUT2D eigenvalue weighted by Gasteiger charge is -2.29. The number of primary amides is 1. The Morgan fingerprint density at radius 3 is 2.67 bits per heavy atom. The van der Waals surface area contributed by atoms with E-state index >= 15 is 0 Å². The molecular formula is C15H19N3O3. The normalized spacial score (nSPS) is 19.0. The fourth-order valence-electron chi connectivity index (χ4n) is 2.47. The van der Waals surface area contributed by atoms with Gasteiger partial charge in [-0.1, -0.05) is 0 Å². The fraction of sp³-hybridized carbons (Fsp3) is 0.400. The minimum absolute atomic E-state index is 0.0291. The average Bonchev–Trinajstić information content (AvgIpc) is 2.47. The molecular weight excluding hydrogens is 270 g/mol. The van der Waals surface area contributed by atoms with E-state index in [2.05, 4.69) is 5.32 Å². The maximum atomic E-state index is 12.0. The number of hydrogen-bond acceptors (Lipinski definition) is 4. The van der Waals surface area contributed by atoms with Gasteiger partial charge in [-0.2, -0.15) is 0 Å². The number of nitrogens with zero attached hydrogens (tertiary/aromatic N) is 1. The molecule has 2 rings (SSSR count). The smallest absolute Gasteiger partial charge is 0.248 e. The molecule has 1 fully saturated rings. The van der Waals surface area contributed by atoms with Crippen molar-refractivity contribution in [3.8, 4) is 0 Å². The topological polar surface area (TPSA) is 92.5 Å². The molecule has 3 N–H and O–H groups in total. The van der Waals surface area contributed by atoms with Crippen LogP contribution in [0, 0.1) is 5.92 Å². The van der Waals surface area contributed by atoms with Gasteiger partial charge in [0.15, 0.2) is 0 Å². The first kappa shape index (κ1) is 15.2. The summed E-state index contributed by atoms with van der Waals surface area (Å²) in [5, 5.41) is 2.77. The van der Waals surface area contributed by atoms with E-state index < -0.39 is 5.91 Å². The SMILES string of the molecule is NC(=O)c1ccc(NC(=O)CN2CCCC(C=O)C2)cc1. The third-order valence-electron chi connectivity index (χ3n) is 3.55. The highest BCUT2D eigenvalue weighted by Crippen LogP contribution is 2.14. The van der Waals surface area contributed by atoms with Crippen LogP contribution < -0.4 is 11.1 Å². The van der Waals surface area contributed by atoms with Gasteiger partial charge in [-0.25, -0.2) is 0 Å². The van der Waals surface area contributed by atoms with E-state index in [4.69, 9.17) is 5.73 Å². The number of carbonyl (C=O) groups is 3. The van der Waals surface area contributed by atoms with E-state index in [0.717, 1.165) is 25.7 Å². The Kier molecular flexibility index (Phi) is 5.05. The van der Waals surface area contributed by atoms with Crippen LogP contribution in [0.3, 0.4) is 0 Å². The van der Waals surface area contributed by atoms with Crippen molar-refractivity contribution >= 4 is 23.8 Å². The first-order valence-corrected chi connectivity index (χ1v) is 6.96. The molecule has 1 aliphatic rings. The lowest BCUT2D eigenvalue weighted by molar-refractivity contribution is -0.119. The van der Waals surface area contributed by atoms with Gasteiger partial charge in [0, 0.05) is 23.7 Å². The van der Waals surface area contributed by atoms with Crippen LogP contribution in [0.25, 0.3) is 0 Å². The minimum Gasteiger partial charge on any atom is -0.366 e. The van der Waals surface area contributed by atoms with Crippen LogP contribution in [0.2, 0.25) is 0 Å². The van der Waals surface area contributed by atoms with Crippen LogP contribution in [0.15, 0.2) is 24.3 Å². The summed E-state index contributed by atoms with van der Waals surface area (Å²) in [4.78, 5) is 35.7. The van der Waals surface area contributed by atoms with Gasteiger partial charge in [-0.15, -0.1) is 0 Å². The molecule has 1 saturated heterocycles. The van der Waals surface area contributed by atoms with Gasteiger partial charge < -0.3 is 15.8 Å². The zero-order chi connectivity index (χ0) is 15.2. The highest BCUT2D eigenvalue weighted by atomic mass is 16.2. The van der Waals surface area contributed by atoms with Crippen molar-refractivity contribution < 1.29 is 14.4 Å². The van der Waals surface area contributed by atoms with Crippen LogP contribution in [-0.4, -0.2) is 42.6 Å². The predicted octanol–water partition coefficient (Wildman–Crippen LogP) is 0.635. The van der Waals surface area contributed by atoms with E-state index in [1.165, 1.54) is 0 Å². The zero-order valence-corrected chi connectivity index (χ0v) is 11.7. The summed E-state index contributed by atoms with van der Waals surface area (Å²) in [5.41, 5.74) is 6.17. The van der Waals surface area contributed by atoms with Crippen molar-refractivity contribution in [2.45, 2.75) is 12.8 Å². The Morgan fingerprint density at radius 1 is 1.33 bits per heavy atom. The zero-order valence-electron chi connectivity index (χ0n) is 11.7. The van der Waals surface area contributed by atoms with Crippen molar-refractivity contribution in [2.75, 3.05) is 25.0 Å². The molecule has 1 aromatic carbocycles. The van der Waals surface area contributed by atoms with Gasteiger partial charge in [-0.3, -0.25) is 14.5 Å². The number of piperidine rings is 1. The lowest BCUT2D eigenvalue weighted by Crippen LogP contribution is -2.40. The number of carbonyl (C=O) groups excluding carboxylic acids is 3. The summed E-state index contributed by atoms with van der Waals surface area (Å²) in [5.74, 6) is -0.601. The van der Waals surface area contributed by atoms with Crippen LogP contribution in [0.4, 0.5) is 5.69 Å². The number of aldehydes is 1. The van der Waals surface area contributed by atoms with Crippen LogP contribution in [-0.2, 0) is 9.59 Å². The summed E-state index contributed by atoms with van der Waals surface area (Å²) in [6.07, 6.45) is 2.80. The molecule has 0 bridgehead atoms. The number of anilines is 1. The number of benzene rings is 1. The van der Waals surface area contributed by atoms with Crippen molar-refractivity contribution in [3.05, 3.63) is 29.8 Å². The molecule has 0 saturated carbocycles. The first-order valence-electron chi connectivity index (χ1n) is 6.96. The summed E-state index contributed by atoms with van der Waals surface area (Å²) < 4.78 is 0. The maximum absolute atomic E-state index is 12.0. The molecule has 2 amide bonds. The number of rotatable bonds is 5. The number of nitrogens with two attached hydrogens (primary N) is 1. The molecule has 21 heavy (non-hydrogen) atoms. The first-order chi connectivity index (χ1) is 10.1. The molecule has 1 atom stereocenters. The summed E-state index contributed by atoms with van der Waals surface area (Å²) in [6.45, 7) is 1.73. The summed E-state index contributed by atoms with van der Waals surface area (Å²) in [6, 6.07) is 6.42. The molecule has 0 spiro atoms. The third-order valence-corrected chi connectivity index (χ3v) is 3.55. The number of likely N-dealkylation sites (tertiary alicyclic amines) is 1. The molecule has 0 aliphatic carbocycles. The monoisotopic (exact) mass is 289 g/mol. The van der Waals surface area contributed by atoms with Gasteiger partial charge in [0.1, 0.15) is 6.29 Å². The standard InChI is InChI=1S/C15H19N3O3/c16-15(21)12-3-5-13(6-4-12)17-14(20)9-18-7-1-2-11(8-18)10-19/h3-6,10-11H,1-2,7-9H2,(H2,16,21)(H,17,20). The molecule has 112 valence electrons. The highest BCUT2D eigenvalue weighted by Gasteiger charge is 2.20. The van der Waals surface area contributed by atoms with Crippen LogP contribution >= 0.6 is 0 Å². The van der Waals surface area contributed by atoms with Gasteiger partial charge in [-0.05, 0) is 43.7 Å². The molecule has 0 radical (unpaired) electrons. The molecule has 6 heteroatoms. The maximum Gasteiger partial charge on any atom is 0.248 e. The summed E-state index contributed by atoms with van der Waals surface area (Å²) >= 11 is 0. The Morgan fingerprint density at radius 2 is 2.05 bits per heavy atom. The fourth-order valence-corrected chi connectivity index (χ4v) is 2.47. The molecule has 1 aliphatic heterocycles. The average molecular weight is 289 g/mol. The highest BCUT2D eigenvalue weighted by molar-refractivity contribution is 5.95. The van der Waals surface area contributed by atoms with Gasteiger partial charge in [0.25, 0.3) is 0 Å². The van der Waals surface area contributed by atoms with Crippen LogP contribution in [0.1, 0.15) is 23.2 Å². The molecule has 1 heterocycles. The second-order valence-corrected chi connectivity index (χ2v) is 5.26. The minimum atomic E-state index is -0.499. The van der Waals surface area contributed by atoms with E-state index in [0.29, 0.717) is 17.8 Å². The Bertz CT molecular complexity index is 527.